The van der Waals surface area contributed by atoms with E-state index in [0.717, 1.165) is 4.47 Å². The first-order valence-electron chi connectivity index (χ1n) is 7.05. The van der Waals surface area contributed by atoms with E-state index in [2.05, 4.69) is 15.9 Å². The van der Waals surface area contributed by atoms with Crippen LogP contribution in [0.25, 0.3) is 0 Å². The molecule has 0 N–H and O–H groups in total. The van der Waals surface area contributed by atoms with Gasteiger partial charge in [-0.15, -0.1) is 0 Å². The molecular formula is C16H14BrNO5S. The highest BCUT2D eigenvalue weighted by molar-refractivity contribution is 9.10. The van der Waals surface area contributed by atoms with Crippen molar-refractivity contribution in [1.29, 1.82) is 0 Å². The molecule has 0 bridgehead atoms. The minimum Gasteiger partial charge on any atom is -0.475 e. The van der Waals surface area contributed by atoms with Crippen molar-refractivity contribution in [2.75, 3.05) is 18.0 Å². The van der Waals surface area contributed by atoms with Crippen molar-refractivity contribution in [3.8, 4) is 5.75 Å². The lowest BCUT2D eigenvalue weighted by atomic mass is 10.2. The predicted octanol–water partition coefficient (Wildman–Crippen LogP) is 2.58. The molecule has 1 aliphatic rings. The van der Waals surface area contributed by atoms with E-state index in [4.69, 9.17) is 9.47 Å². The van der Waals surface area contributed by atoms with Gasteiger partial charge >= 0.3 is 5.97 Å². The van der Waals surface area contributed by atoms with Gasteiger partial charge in [0.25, 0.3) is 10.0 Å². The Hall–Kier alpha value is -2.06. The molecule has 1 heterocycles. The smallest absolute Gasteiger partial charge is 0.348 e. The number of ether oxygens (including phenoxy) is 2. The predicted molar refractivity (Wildman–Crippen MR) is 91.5 cm³/mol. The first-order valence-corrected chi connectivity index (χ1v) is 9.28. The normalized spacial score (nSPS) is 16.9. The molecule has 0 amide bonds. The second-order valence-corrected chi connectivity index (χ2v) is 7.87. The summed E-state index contributed by atoms with van der Waals surface area (Å²) in [7, 11) is -2.61. The molecule has 0 aliphatic carbocycles. The van der Waals surface area contributed by atoms with Crippen LogP contribution in [0, 0.1) is 0 Å². The Balaban J connectivity index is 2.07. The van der Waals surface area contributed by atoms with E-state index in [1.807, 2.05) is 0 Å². The number of anilines is 1. The molecule has 3 rings (SSSR count). The monoisotopic (exact) mass is 411 g/mol. The molecule has 0 radical (unpaired) electrons. The van der Waals surface area contributed by atoms with Gasteiger partial charge in [0, 0.05) is 4.47 Å². The molecule has 0 saturated carbocycles. The van der Waals surface area contributed by atoms with E-state index in [9.17, 15) is 13.2 Å². The van der Waals surface area contributed by atoms with E-state index in [1.165, 1.54) is 23.5 Å². The molecule has 0 unspecified atom stereocenters. The van der Waals surface area contributed by atoms with Gasteiger partial charge in [-0.1, -0.05) is 28.1 Å². The van der Waals surface area contributed by atoms with Gasteiger partial charge in [-0.3, -0.25) is 4.31 Å². The molecule has 6 nitrogen and oxygen atoms in total. The molecule has 2 aromatic rings. The second-order valence-electron chi connectivity index (χ2n) is 5.09. The number of benzene rings is 2. The third kappa shape index (κ3) is 2.99. The summed E-state index contributed by atoms with van der Waals surface area (Å²) in [5.74, 6) is -0.305. The number of carbonyl (C=O) groups is 1. The number of methoxy groups -OCH3 is 1. The molecule has 0 spiro atoms. The number of hydrogen-bond acceptors (Lipinski definition) is 5. The van der Waals surface area contributed by atoms with Crippen molar-refractivity contribution < 1.29 is 22.7 Å². The van der Waals surface area contributed by atoms with E-state index in [1.54, 1.807) is 36.4 Å². The molecule has 0 saturated heterocycles. The third-order valence-electron chi connectivity index (χ3n) is 3.60. The number of hydrogen-bond donors (Lipinski definition) is 0. The number of rotatable bonds is 3. The average molecular weight is 412 g/mol. The molecule has 1 aliphatic heterocycles. The maximum Gasteiger partial charge on any atom is 0.348 e. The summed E-state index contributed by atoms with van der Waals surface area (Å²) in [5.41, 5.74) is 0.389. The summed E-state index contributed by atoms with van der Waals surface area (Å²) >= 11 is 3.28. The van der Waals surface area contributed by atoms with Crippen molar-refractivity contribution in [3.63, 3.8) is 0 Å². The molecular weight excluding hydrogens is 398 g/mol. The van der Waals surface area contributed by atoms with Crippen LogP contribution in [0.2, 0.25) is 0 Å². The van der Waals surface area contributed by atoms with Crippen molar-refractivity contribution in [2.24, 2.45) is 0 Å². The maximum absolute atomic E-state index is 13.0. The van der Waals surface area contributed by atoms with Crippen LogP contribution in [0.5, 0.6) is 5.75 Å². The van der Waals surface area contributed by atoms with Gasteiger partial charge in [0.1, 0.15) is 5.75 Å². The second kappa shape index (κ2) is 6.45. The zero-order chi connectivity index (χ0) is 17.3. The Labute approximate surface area is 148 Å². The molecule has 0 fully saturated rings. The Kier molecular flexibility index (Phi) is 4.51. The van der Waals surface area contributed by atoms with Gasteiger partial charge in [-0.05, 0) is 36.4 Å². The van der Waals surface area contributed by atoms with Crippen molar-refractivity contribution in [3.05, 3.63) is 53.0 Å². The number of esters is 1. The molecule has 24 heavy (non-hydrogen) atoms. The van der Waals surface area contributed by atoms with Gasteiger partial charge < -0.3 is 9.47 Å². The van der Waals surface area contributed by atoms with Crippen LogP contribution in [-0.4, -0.2) is 34.1 Å². The lowest BCUT2D eigenvalue weighted by Crippen LogP contribution is -2.47. The highest BCUT2D eigenvalue weighted by atomic mass is 79.9. The zero-order valence-corrected chi connectivity index (χ0v) is 15.1. The van der Waals surface area contributed by atoms with Gasteiger partial charge in [0.15, 0.2) is 0 Å². The topological polar surface area (TPSA) is 72.9 Å². The highest BCUT2D eigenvalue weighted by Gasteiger charge is 2.37. The minimum atomic E-state index is -3.84. The Morgan fingerprint density at radius 1 is 1.21 bits per heavy atom. The molecule has 1 atom stereocenters. The van der Waals surface area contributed by atoms with Crippen LogP contribution in [0.15, 0.2) is 57.9 Å². The van der Waals surface area contributed by atoms with E-state index < -0.39 is 22.1 Å². The number of fused-ring (bicyclic) bond motifs is 1. The fraction of sp³-hybridized carbons (Fsp3) is 0.188. The van der Waals surface area contributed by atoms with Crippen molar-refractivity contribution >= 4 is 37.6 Å². The van der Waals surface area contributed by atoms with E-state index in [-0.39, 0.29) is 11.4 Å². The van der Waals surface area contributed by atoms with E-state index in [0.29, 0.717) is 11.4 Å². The molecule has 8 heteroatoms. The lowest BCUT2D eigenvalue weighted by Gasteiger charge is -2.34. The number of halogens is 1. The summed E-state index contributed by atoms with van der Waals surface area (Å²) in [5, 5.41) is 0. The maximum atomic E-state index is 13.0. The molecule has 126 valence electrons. The third-order valence-corrected chi connectivity index (χ3v) is 5.92. The number of sulfonamides is 1. The summed E-state index contributed by atoms with van der Waals surface area (Å²) in [6.07, 6.45) is -1.02. The summed E-state index contributed by atoms with van der Waals surface area (Å²) < 4.78 is 38.3. The zero-order valence-electron chi connectivity index (χ0n) is 12.7. The molecule has 2 aromatic carbocycles. The fourth-order valence-corrected chi connectivity index (χ4v) is 4.16. The number of nitrogens with zero attached hydrogens (tertiary/aromatic N) is 1. The van der Waals surface area contributed by atoms with Gasteiger partial charge in [-0.2, -0.15) is 0 Å². The Morgan fingerprint density at radius 3 is 2.54 bits per heavy atom. The number of para-hydroxylation sites is 2. The average Bonchev–Trinajstić information content (AvgIpc) is 2.60. The van der Waals surface area contributed by atoms with Crippen LogP contribution >= 0.6 is 15.9 Å². The summed E-state index contributed by atoms with van der Waals surface area (Å²) in [6, 6.07) is 13.0. The first-order chi connectivity index (χ1) is 11.4. The quantitative estimate of drug-likeness (QED) is 0.725. The Bertz CT molecular complexity index is 866. The van der Waals surface area contributed by atoms with Crippen LogP contribution in [-0.2, 0) is 19.6 Å². The summed E-state index contributed by atoms with van der Waals surface area (Å²) in [4.78, 5) is 12.0. The van der Waals surface area contributed by atoms with Crippen LogP contribution in [0.1, 0.15) is 0 Å². The fourth-order valence-electron chi connectivity index (χ4n) is 2.42. The summed E-state index contributed by atoms with van der Waals surface area (Å²) in [6.45, 7) is -0.151. The highest BCUT2D eigenvalue weighted by Crippen LogP contribution is 2.37. The first kappa shape index (κ1) is 16.8. The number of carbonyl (C=O) groups excluding carboxylic acids is 1. The standard InChI is InChI=1S/C16H14BrNO5S/c1-22-16(19)15-10-18(13-4-2-3-5-14(13)23-15)24(20,21)12-8-6-11(17)7-9-12/h2-9,15H,10H2,1H3/t15-/m0/s1. The van der Waals surface area contributed by atoms with Gasteiger partial charge in [0.2, 0.25) is 6.10 Å². The van der Waals surface area contributed by atoms with Crippen LogP contribution in [0.3, 0.4) is 0 Å². The van der Waals surface area contributed by atoms with Gasteiger partial charge in [0.05, 0.1) is 24.2 Å². The minimum absolute atomic E-state index is 0.131. The SMILES string of the molecule is COC(=O)[C@@H]1CN(S(=O)(=O)c2ccc(Br)cc2)c2ccccc2O1. The Morgan fingerprint density at radius 2 is 1.88 bits per heavy atom. The van der Waals surface area contributed by atoms with E-state index >= 15 is 0 Å². The van der Waals surface area contributed by atoms with Gasteiger partial charge in [-0.25, -0.2) is 13.2 Å². The molecule has 0 aromatic heterocycles. The van der Waals surface area contributed by atoms with Crippen LogP contribution in [0.4, 0.5) is 5.69 Å². The largest absolute Gasteiger partial charge is 0.475 e. The van der Waals surface area contributed by atoms with Crippen LogP contribution < -0.4 is 9.04 Å². The van der Waals surface area contributed by atoms with Crippen molar-refractivity contribution in [1.82, 2.24) is 0 Å². The lowest BCUT2D eigenvalue weighted by molar-refractivity contribution is -0.148. The van der Waals surface area contributed by atoms with Crippen molar-refractivity contribution in [2.45, 2.75) is 11.0 Å².